The van der Waals surface area contributed by atoms with Crippen molar-refractivity contribution in [1.82, 2.24) is 4.90 Å². The normalized spacial score (nSPS) is 19.6. The summed E-state index contributed by atoms with van der Waals surface area (Å²) in [6, 6.07) is 8.82. The molecule has 1 saturated heterocycles. The highest BCUT2D eigenvalue weighted by molar-refractivity contribution is 7.91. The summed E-state index contributed by atoms with van der Waals surface area (Å²) in [7, 11) is -3.09. The van der Waals surface area contributed by atoms with Crippen LogP contribution in [-0.2, 0) is 16.4 Å². The molecule has 0 saturated carbocycles. The fourth-order valence-electron chi connectivity index (χ4n) is 2.72. The second-order valence-corrected chi connectivity index (χ2v) is 8.84. The lowest BCUT2D eigenvalue weighted by atomic mass is 10.1. The zero-order valence-corrected chi connectivity index (χ0v) is 13.9. The van der Waals surface area contributed by atoms with Gasteiger partial charge in [-0.15, -0.1) is 11.3 Å². The van der Waals surface area contributed by atoms with E-state index in [9.17, 15) is 17.6 Å². The fraction of sp³-hybridized carbons (Fsp3) is 0.312. The lowest BCUT2D eigenvalue weighted by Gasteiger charge is -2.28. The van der Waals surface area contributed by atoms with Crippen LogP contribution in [0.2, 0.25) is 0 Å². The van der Waals surface area contributed by atoms with Crippen LogP contribution in [-0.4, -0.2) is 36.8 Å². The Hall–Kier alpha value is -1.73. The molecule has 0 N–H and O–H groups in total. The standard InChI is InChI=1S/C16H16FNO3S2/c17-13-5-3-12(4-6-13)16(19)18(10-15-2-1-8-22-15)14-7-9-23(20,21)11-14/h1-6,8,14H,7,9-11H2/t14-/m0/s1. The predicted molar refractivity (Wildman–Crippen MR) is 87.7 cm³/mol. The van der Waals surface area contributed by atoms with Gasteiger partial charge in [0.25, 0.3) is 5.91 Å². The van der Waals surface area contributed by atoms with Crippen LogP contribution in [0.5, 0.6) is 0 Å². The van der Waals surface area contributed by atoms with Gasteiger partial charge in [0.15, 0.2) is 9.84 Å². The minimum atomic E-state index is -3.09. The van der Waals surface area contributed by atoms with E-state index in [0.717, 1.165) is 4.88 Å². The monoisotopic (exact) mass is 353 g/mol. The molecule has 1 amide bonds. The van der Waals surface area contributed by atoms with Crippen LogP contribution >= 0.6 is 11.3 Å². The third-order valence-corrected chi connectivity index (χ3v) is 6.52. The maximum atomic E-state index is 13.1. The van der Waals surface area contributed by atoms with Crippen molar-refractivity contribution in [1.29, 1.82) is 0 Å². The van der Waals surface area contributed by atoms with Crippen LogP contribution < -0.4 is 0 Å². The van der Waals surface area contributed by atoms with Gasteiger partial charge in [-0.25, -0.2) is 12.8 Å². The second kappa shape index (κ2) is 6.41. The highest BCUT2D eigenvalue weighted by Gasteiger charge is 2.35. The molecular formula is C16H16FNO3S2. The molecule has 1 aliphatic heterocycles. The first kappa shape index (κ1) is 16.1. The second-order valence-electron chi connectivity index (χ2n) is 5.58. The maximum absolute atomic E-state index is 13.1. The molecule has 2 aromatic rings. The first-order chi connectivity index (χ1) is 10.9. The lowest BCUT2D eigenvalue weighted by Crippen LogP contribution is -2.40. The number of amides is 1. The zero-order chi connectivity index (χ0) is 16.4. The highest BCUT2D eigenvalue weighted by atomic mass is 32.2. The van der Waals surface area contributed by atoms with E-state index in [1.807, 2.05) is 17.5 Å². The first-order valence-electron chi connectivity index (χ1n) is 7.24. The molecule has 122 valence electrons. The summed E-state index contributed by atoms with van der Waals surface area (Å²) in [5.41, 5.74) is 0.368. The van der Waals surface area contributed by atoms with Crippen molar-refractivity contribution in [3.05, 3.63) is 58.0 Å². The fourth-order valence-corrected chi connectivity index (χ4v) is 5.15. The summed E-state index contributed by atoms with van der Waals surface area (Å²) in [6.45, 7) is 0.369. The third-order valence-electron chi connectivity index (χ3n) is 3.91. The van der Waals surface area contributed by atoms with Crippen LogP contribution in [0.3, 0.4) is 0 Å². The Kier molecular flexibility index (Phi) is 4.50. The number of carbonyl (C=O) groups excluding carboxylic acids is 1. The van der Waals surface area contributed by atoms with E-state index in [2.05, 4.69) is 0 Å². The largest absolute Gasteiger partial charge is 0.329 e. The summed E-state index contributed by atoms with van der Waals surface area (Å²) >= 11 is 1.52. The zero-order valence-electron chi connectivity index (χ0n) is 12.3. The molecule has 23 heavy (non-hydrogen) atoms. The van der Waals surface area contributed by atoms with Crippen LogP contribution in [0.15, 0.2) is 41.8 Å². The SMILES string of the molecule is O=C(c1ccc(F)cc1)N(Cc1cccs1)[C@H]1CCS(=O)(=O)C1. The van der Waals surface area contributed by atoms with E-state index in [4.69, 9.17) is 0 Å². The molecule has 2 heterocycles. The summed E-state index contributed by atoms with van der Waals surface area (Å²) < 4.78 is 36.6. The van der Waals surface area contributed by atoms with Gasteiger partial charge in [0.2, 0.25) is 0 Å². The lowest BCUT2D eigenvalue weighted by molar-refractivity contribution is 0.0683. The number of thiophene rings is 1. The summed E-state index contributed by atoms with van der Waals surface area (Å²) in [4.78, 5) is 15.4. The minimum Gasteiger partial charge on any atom is -0.329 e. The molecular weight excluding hydrogens is 337 g/mol. The predicted octanol–water partition coefficient (Wildman–Crippen LogP) is 2.72. The van der Waals surface area contributed by atoms with Gasteiger partial charge in [-0.05, 0) is 42.1 Å². The van der Waals surface area contributed by atoms with Crippen molar-refractivity contribution >= 4 is 27.1 Å². The van der Waals surface area contributed by atoms with Gasteiger partial charge in [-0.2, -0.15) is 0 Å². The smallest absolute Gasteiger partial charge is 0.254 e. The molecule has 1 aliphatic rings. The molecule has 4 nitrogen and oxygen atoms in total. The van der Waals surface area contributed by atoms with Gasteiger partial charge in [-0.3, -0.25) is 4.79 Å². The maximum Gasteiger partial charge on any atom is 0.254 e. The van der Waals surface area contributed by atoms with Gasteiger partial charge < -0.3 is 4.90 Å². The Labute approximate surface area is 138 Å². The number of halogens is 1. The van der Waals surface area contributed by atoms with Crippen LogP contribution in [0, 0.1) is 5.82 Å². The summed E-state index contributed by atoms with van der Waals surface area (Å²) in [5.74, 6) is -0.573. The number of nitrogens with zero attached hydrogens (tertiary/aromatic N) is 1. The Morgan fingerprint density at radius 3 is 2.57 bits per heavy atom. The van der Waals surface area contributed by atoms with E-state index in [1.54, 1.807) is 4.90 Å². The van der Waals surface area contributed by atoms with Gasteiger partial charge in [-0.1, -0.05) is 6.07 Å². The van der Waals surface area contributed by atoms with E-state index in [1.165, 1.54) is 35.6 Å². The van der Waals surface area contributed by atoms with E-state index < -0.39 is 15.7 Å². The van der Waals surface area contributed by atoms with Crippen LogP contribution in [0.1, 0.15) is 21.7 Å². The molecule has 3 rings (SSSR count). The average Bonchev–Trinajstić information content (AvgIpc) is 3.14. The van der Waals surface area contributed by atoms with Crippen molar-refractivity contribution < 1.29 is 17.6 Å². The molecule has 1 fully saturated rings. The molecule has 1 aromatic carbocycles. The van der Waals surface area contributed by atoms with Gasteiger partial charge >= 0.3 is 0 Å². The molecule has 0 radical (unpaired) electrons. The third kappa shape index (κ3) is 3.79. The molecule has 0 unspecified atom stereocenters. The van der Waals surface area contributed by atoms with E-state index in [0.29, 0.717) is 18.5 Å². The number of hydrogen-bond donors (Lipinski definition) is 0. The van der Waals surface area contributed by atoms with Crippen molar-refractivity contribution in [3.8, 4) is 0 Å². The van der Waals surface area contributed by atoms with Crippen LogP contribution in [0.4, 0.5) is 4.39 Å². The van der Waals surface area contributed by atoms with Crippen molar-refractivity contribution in [2.24, 2.45) is 0 Å². The molecule has 1 atom stereocenters. The van der Waals surface area contributed by atoms with Crippen LogP contribution in [0.25, 0.3) is 0 Å². The number of sulfone groups is 1. The van der Waals surface area contributed by atoms with Crippen molar-refractivity contribution in [2.45, 2.75) is 19.0 Å². The number of benzene rings is 1. The summed E-state index contributed by atoms with van der Waals surface area (Å²) in [5, 5.41) is 1.92. The van der Waals surface area contributed by atoms with Gasteiger partial charge in [0.05, 0.1) is 18.1 Å². The number of hydrogen-bond acceptors (Lipinski definition) is 4. The molecule has 7 heteroatoms. The molecule has 1 aromatic heterocycles. The Balaban J connectivity index is 1.88. The Morgan fingerprint density at radius 2 is 2.00 bits per heavy atom. The molecule has 0 bridgehead atoms. The number of carbonyl (C=O) groups is 1. The average molecular weight is 353 g/mol. The Morgan fingerprint density at radius 1 is 1.26 bits per heavy atom. The van der Waals surface area contributed by atoms with Crippen molar-refractivity contribution in [3.63, 3.8) is 0 Å². The van der Waals surface area contributed by atoms with E-state index >= 15 is 0 Å². The first-order valence-corrected chi connectivity index (χ1v) is 9.94. The molecule has 0 spiro atoms. The summed E-state index contributed by atoms with van der Waals surface area (Å²) in [6.07, 6.45) is 0.445. The molecule has 0 aliphatic carbocycles. The van der Waals surface area contributed by atoms with Crippen molar-refractivity contribution in [2.75, 3.05) is 11.5 Å². The number of rotatable bonds is 4. The van der Waals surface area contributed by atoms with Gasteiger partial charge in [0, 0.05) is 16.5 Å². The topological polar surface area (TPSA) is 54.5 Å². The minimum absolute atomic E-state index is 0.00862. The highest BCUT2D eigenvalue weighted by Crippen LogP contribution is 2.23. The van der Waals surface area contributed by atoms with Gasteiger partial charge in [0.1, 0.15) is 5.82 Å². The quantitative estimate of drug-likeness (QED) is 0.849. The Bertz CT molecular complexity index is 785. The van der Waals surface area contributed by atoms with E-state index in [-0.39, 0.29) is 23.5 Å².